The van der Waals surface area contributed by atoms with Gasteiger partial charge in [0.2, 0.25) is 15.9 Å². The zero-order chi connectivity index (χ0) is 27.6. The van der Waals surface area contributed by atoms with E-state index >= 15 is 0 Å². The molecule has 2 amide bonds. The summed E-state index contributed by atoms with van der Waals surface area (Å²) >= 11 is 12.2. The zero-order valence-corrected chi connectivity index (χ0v) is 23.9. The third-order valence-corrected chi connectivity index (χ3v) is 9.32. The maximum Gasteiger partial charge on any atom is 0.254 e. The molecule has 38 heavy (non-hydrogen) atoms. The Morgan fingerprint density at radius 3 is 2.47 bits per heavy atom. The smallest absolute Gasteiger partial charge is 0.254 e. The third-order valence-electron chi connectivity index (χ3n) is 7.16. The van der Waals surface area contributed by atoms with Crippen LogP contribution in [0.3, 0.4) is 0 Å². The summed E-state index contributed by atoms with van der Waals surface area (Å²) in [7, 11) is -4.12. The van der Waals surface area contributed by atoms with Crippen LogP contribution in [-0.2, 0) is 14.8 Å². The van der Waals surface area contributed by atoms with Gasteiger partial charge in [0.1, 0.15) is 10.9 Å². The van der Waals surface area contributed by atoms with Gasteiger partial charge >= 0.3 is 0 Å². The van der Waals surface area contributed by atoms with Crippen molar-refractivity contribution in [3.05, 3.63) is 76.3 Å². The maximum absolute atomic E-state index is 13.7. The molecule has 0 spiro atoms. The molecule has 0 saturated carbocycles. The number of fused-ring (bicyclic) bond motifs is 1. The van der Waals surface area contributed by atoms with Crippen molar-refractivity contribution in [2.45, 2.75) is 44.2 Å². The summed E-state index contributed by atoms with van der Waals surface area (Å²) in [5.41, 5.74) is 0.623. The Hall–Kier alpha value is -2.65. The molecule has 1 fully saturated rings. The first kappa shape index (κ1) is 28.4. The lowest BCUT2D eigenvalue weighted by Gasteiger charge is -2.41. The fourth-order valence-corrected chi connectivity index (χ4v) is 6.84. The minimum atomic E-state index is -4.12. The van der Waals surface area contributed by atoms with Gasteiger partial charge < -0.3 is 9.80 Å². The third kappa shape index (κ3) is 5.83. The quantitative estimate of drug-likeness (QED) is 0.418. The molecule has 4 rings (SSSR count). The SMILES string of the molecule is CCC(C)C(NS(=O)(=O)c1cc(Cl)ccc1Cl)C(=O)N1CCN(C(=O)c2cccc3ccccc23)C(C)C1. The molecule has 7 nitrogen and oxygen atoms in total. The van der Waals surface area contributed by atoms with Gasteiger partial charge in [0, 0.05) is 36.3 Å². The molecule has 3 atom stereocenters. The largest absolute Gasteiger partial charge is 0.337 e. The number of nitrogens with zero attached hydrogens (tertiary/aromatic N) is 2. The number of sulfonamides is 1. The Balaban J connectivity index is 1.52. The fourth-order valence-electron chi connectivity index (χ4n) is 4.78. The van der Waals surface area contributed by atoms with Gasteiger partial charge in [-0.05, 0) is 47.9 Å². The van der Waals surface area contributed by atoms with Crippen LogP contribution in [0.4, 0.5) is 0 Å². The molecule has 10 heteroatoms. The number of benzene rings is 3. The van der Waals surface area contributed by atoms with Gasteiger partial charge in [-0.3, -0.25) is 9.59 Å². The first-order valence-electron chi connectivity index (χ1n) is 12.6. The van der Waals surface area contributed by atoms with Gasteiger partial charge in [-0.15, -0.1) is 0 Å². The Morgan fingerprint density at radius 2 is 1.76 bits per heavy atom. The van der Waals surface area contributed by atoms with E-state index in [1.165, 1.54) is 18.2 Å². The average Bonchev–Trinajstić information content (AvgIpc) is 2.91. The van der Waals surface area contributed by atoms with E-state index < -0.39 is 16.1 Å². The summed E-state index contributed by atoms with van der Waals surface area (Å²) in [5.74, 6) is -0.692. The molecule has 0 radical (unpaired) electrons. The number of piperazine rings is 1. The molecule has 1 heterocycles. The van der Waals surface area contributed by atoms with Crippen molar-refractivity contribution < 1.29 is 18.0 Å². The number of carbonyl (C=O) groups excluding carboxylic acids is 2. The van der Waals surface area contributed by atoms with Crippen molar-refractivity contribution in [1.29, 1.82) is 0 Å². The van der Waals surface area contributed by atoms with Gasteiger partial charge in [0.05, 0.1) is 5.02 Å². The van der Waals surface area contributed by atoms with E-state index in [1.807, 2.05) is 63.2 Å². The lowest BCUT2D eigenvalue weighted by atomic mass is 9.98. The van der Waals surface area contributed by atoms with E-state index in [1.54, 1.807) is 9.80 Å². The predicted octanol–water partition coefficient (Wildman–Crippen LogP) is 5.21. The molecule has 1 N–H and O–H groups in total. The average molecular weight is 577 g/mol. The highest BCUT2D eigenvalue weighted by atomic mass is 35.5. The van der Waals surface area contributed by atoms with E-state index in [0.29, 0.717) is 31.6 Å². The summed E-state index contributed by atoms with van der Waals surface area (Å²) in [6, 6.07) is 16.3. The van der Waals surface area contributed by atoms with Gasteiger partial charge in [0.15, 0.2) is 0 Å². The topological polar surface area (TPSA) is 86.8 Å². The molecule has 1 saturated heterocycles. The number of hydrogen-bond acceptors (Lipinski definition) is 4. The van der Waals surface area contributed by atoms with Crippen LogP contribution in [0, 0.1) is 5.92 Å². The normalized spacial score (nSPS) is 17.9. The van der Waals surface area contributed by atoms with Crippen LogP contribution in [0.2, 0.25) is 10.0 Å². The molecule has 0 aromatic heterocycles. The van der Waals surface area contributed by atoms with Crippen LogP contribution < -0.4 is 4.72 Å². The number of hydrogen-bond donors (Lipinski definition) is 1. The number of amides is 2. The molecule has 0 aliphatic carbocycles. The minimum Gasteiger partial charge on any atom is -0.337 e. The van der Waals surface area contributed by atoms with Crippen molar-refractivity contribution in [2.24, 2.45) is 5.92 Å². The number of carbonyl (C=O) groups is 2. The molecule has 1 aliphatic rings. The molecule has 1 aliphatic heterocycles. The van der Waals surface area contributed by atoms with Crippen molar-refractivity contribution in [2.75, 3.05) is 19.6 Å². The summed E-state index contributed by atoms with van der Waals surface area (Å²) in [4.78, 5) is 30.4. The van der Waals surface area contributed by atoms with Crippen molar-refractivity contribution in [3.63, 3.8) is 0 Å². The number of rotatable bonds is 7. The second kappa shape index (κ2) is 11.6. The van der Waals surface area contributed by atoms with Crippen LogP contribution in [0.15, 0.2) is 65.6 Å². The summed E-state index contributed by atoms with van der Waals surface area (Å²) in [5, 5.41) is 2.12. The van der Waals surface area contributed by atoms with Crippen LogP contribution in [0.5, 0.6) is 0 Å². The monoisotopic (exact) mass is 575 g/mol. The molecule has 3 unspecified atom stereocenters. The molecule has 3 aromatic rings. The minimum absolute atomic E-state index is 0.0198. The van der Waals surface area contributed by atoms with Gasteiger partial charge in [-0.25, -0.2) is 8.42 Å². The first-order chi connectivity index (χ1) is 18.0. The van der Waals surface area contributed by atoms with Crippen LogP contribution in [0.25, 0.3) is 10.8 Å². The second-order valence-corrected chi connectivity index (χ2v) is 12.2. The van der Waals surface area contributed by atoms with Gasteiger partial charge in [-0.2, -0.15) is 4.72 Å². The van der Waals surface area contributed by atoms with E-state index in [0.717, 1.165) is 10.8 Å². The van der Waals surface area contributed by atoms with E-state index in [-0.39, 0.29) is 38.7 Å². The van der Waals surface area contributed by atoms with Crippen molar-refractivity contribution >= 4 is 55.8 Å². The van der Waals surface area contributed by atoms with Crippen LogP contribution >= 0.6 is 23.2 Å². The maximum atomic E-state index is 13.7. The highest BCUT2D eigenvalue weighted by Gasteiger charge is 2.37. The molecule has 202 valence electrons. The zero-order valence-electron chi connectivity index (χ0n) is 21.5. The standard InChI is InChI=1S/C28H31Cl2N3O4S/c1-4-18(2)26(31-38(36,37)25-16-21(29)12-13-24(25)30)28(35)32-14-15-33(19(3)17-32)27(34)23-11-7-9-20-8-5-6-10-22(20)23/h5-13,16,18-19,26,31H,4,14-15,17H2,1-3H3. The Bertz CT molecular complexity index is 1460. The molecule has 3 aromatic carbocycles. The van der Waals surface area contributed by atoms with Gasteiger partial charge in [0.25, 0.3) is 5.91 Å². The van der Waals surface area contributed by atoms with Crippen LogP contribution in [-0.4, -0.2) is 61.7 Å². The predicted molar refractivity (Wildman–Crippen MR) is 151 cm³/mol. The summed E-state index contributed by atoms with van der Waals surface area (Å²) in [6.07, 6.45) is 0.581. The fraction of sp³-hybridized carbons (Fsp3) is 0.357. The van der Waals surface area contributed by atoms with Gasteiger partial charge in [-0.1, -0.05) is 79.9 Å². The van der Waals surface area contributed by atoms with Crippen molar-refractivity contribution in [1.82, 2.24) is 14.5 Å². The molecular formula is C28H31Cl2N3O4S. The summed E-state index contributed by atoms with van der Waals surface area (Å²) < 4.78 is 29.0. The van der Waals surface area contributed by atoms with E-state index in [9.17, 15) is 18.0 Å². The Morgan fingerprint density at radius 1 is 1.05 bits per heavy atom. The van der Waals surface area contributed by atoms with E-state index in [4.69, 9.17) is 23.2 Å². The molecule has 0 bridgehead atoms. The van der Waals surface area contributed by atoms with E-state index in [2.05, 4.69) is 4.72 Å². The molecular weight excluding hydrogens is 545 g/mol. The van der Waals surface area contributed by atoms with Crippen molar-refractivity contribution in [3.8, 4) is 0 Å². The number of nitrogens with one attached hydrogen (secondary N) is 1. The Kier molecular flexibility index (Phi) is 8.67. The Labute approximate surface area is 233 Å². The highest BCUT2D eigenvalue weighted by Crippen LogP contribution is 2.27. The number of halogens is 2. The summed E-state index contributed by atoms with van der Waals surface area (Å²) in [6.45, 7) is 6.56. The lowest BCUT2D eigenvalue weighted by Crippen LogP contribution is -2.60. The lowest BCUT2D eigenvalue weighted by molar-refractivity contribution is -0.136. The first-order valence-corrected chi connectivity index (χ1v) is 14.8. The second-order valence-electron chi connectivity index (χ2n) is 9.72. The van der Waals surface area contributed by atoms with Crippen LogP contribution in [0.1, 0.15) is 37.6 Å². The highest BCUT2D eigenvalue weighted by molar-refractivity contribution is 7.89.